The first-order valence-corrected chi connectivity index (χ1v) is 6.86. The molecule has 1 aliphatic carbocycles. The fourth-order valence-electron chi connectivity index (χ4n) is 2.58. The first-order chi connectivity index (χ1) is 10.1. The Labute approximate surface area is 122 Å². The Bertz CT molecular complexity index is 700. The maximum absolute atomic E-state index is 11.1. The molecule has 108 valence electrons. The van der Waals surface area contributed by atoms with E-state index < -0.39 is 5.91 Å². The van der Waals surface area contributed by atoms with Crippen LogP contribution in [0.2, 0.25) is 0 Å². The van der Waals surface area contributed by atoms with Crippen molar-refractivity contribution >= 4 is 11.6 Å². The van der Waals surface area contributed by atoms with Crippen molar-refractivity contribution in [2.45, 2.75) is 25.7 Å². The number of anilines is 1. The first-order valence-electron chi connectivity index (χ1n) is 6.86. The van der Waals surface area contributed by atoms with Gasteiger partial charge in [-0.2, -0.15) is 4.98 Å². The third-order valence-corrected chi connectivity index (χ3v) is 3.62. The smallest absolute Gasteiger partial charge is 0.322 e. The first kappa shape index (κ1) is 13.4. The summed E-state index contributed by atoms with van der Waals surface area (Å²) < 4.78 is 5.74. The highest BCUT2D eigenvalue weighted by Crippen LogP contribution is 2.35. The van der Waals surface area contributed by atoms with E-state index in [4.69, 9.17) is 16.2 Å². The molecule has 1 aromatic carbocycles. The molecule has 0 fully saturated rings. The van der Waals surface area contributed by atoms with Gasteiger partial charge in [0.05, 0.1) is 0 Å². The number of hydrogen-bond donors (Lipinski definition) is 2. The van der Waals surface area contributed by atoms with Crippen molar-refractivity contribution in [1.82, 2.24) is 9.97 Å². The lowest BCUT2D eigenvalue weighted by atomic mass is 9.90. The van der Waals surface area contributed by atoms with Crippen molar-refractivity contribution in [3.63, 3.8) is 0 Å². The second-order valence-corrected chi connectivity index (χ2v) is 5.01. The van der Waals surface area contributed by atoms with Crippen molar-refractivity contribution in [1.29, 1.82) is 0 Å². The van der Waals surface area contributed by atoms with Crippen LogP contribution in [0.25, 0.3) is 0 Å². The van der Waals surface area contributed by atoms with E-state index in [-0.39, 0.29) is 11.7 Å². The van der Waals surface area contributed by atoms with Gasteiger partial charge < -0.3 is 16.2 Å². The average Bonchev–Trinajstić information content (AvgIpc) is 2.51. The number of primary amides is 1. The zero-order chi connectivity index (χ0) is 14.8. The molecule has 1 aromatic heterocycles. The number of nitrogen functional groups attached to an aromatic ring is 1. The average molecular weight is 284 g/mol. The van der Waals surface area contributed by atoms with E-state index >= 15 is 0 Å². The van der Waals surface area contributed by atoms with E-state index in [2.05, 4.69) is 9.97 Å². The highest BCUT2D eigenvalue weighted by Gasteiger charge is 2.18. The van der Waals surface area contributed by atoms with Crippen LogP contribution in [0.1, 0.15) is 34.5 Å². The topological polar surface area (TPSA) is 104 Å². The normalized spacial score (nSPS) is 13.5. The number of carbonyl (C=O) groups is 1. The number of nitrogens with zero attached hydrogens (tertiary/aromatic N) is 2. The van der Waals surface area contributed by atoms with Gasteiger partial charge in [-0.05, 0) is 49.4 Å². The van der Waals surface area contributed by atoms with Gasteiger partial charge in [-0.1, -0.05) is 0 Å². The lowest BCUT2D eigenvalue weighted by Crippen LogP contribution is -2.14. The highest BCUT2D eigenvalue weighted by atomic mass is 16.5. The summed E-state index contributed by atoms with van der Waals surface area (Å²) >= 11 is 0. The van der Waals surface area contributed by atoms with Gasteiger partial charge >= 0.3 is 6.01 Å². The third-order valence-electron chi connectivity index (χ3n) is 3.62. The van der Waals surface area contributed by atoms with Gasteiger partial charge in [0, 0.05) is 17.4 Å². The number of nitrogens with two attached hydrogens (primary N) is 2. The summed E-state index contributed by atoms with van der Waals surface area (Å²) in [5, 5.41) is 0. The van der Waals surface area contributed by atoms with Gasteiger partial charge in [-0.15, -0.1) is 0 Å². The summed E-state index contributed by atoms with van der Waals surface area (Å²) in [6.45, 7) is 0. The molecule has 1 aliphatic rings. The summed E-state index contributed by atoms with van der Waals surface area (Å²) in [4.78, 5) is 19.2. The summed E-state index contributed by atoms with van der Waals surface area (Å²) in [6, 6.07) is 5.22. The molecular formula is C15H16N4O2. The molecule has 0 atom stereocenters. The molecule has 1 amide bonds. The number of carbonyl (C=O) groups excluding carboxylic acids is 1. The van der Waals surface area contributed by atoms with E-state index in [1.165, 1.54) is 12.3 Å². The number of amides is 1. The third kappa shape index (κ3) is 2.65. The summed E-state index contributed by atoms with van der Waals surface area (Å²) in [5.41, 5.74) is 14.4. The second-order valence-electron chi connectivity index (χ2n) is 5.01. The number of fused-ring (bicyclic) bond motifs is 1. The minimum atomic E-state index is -0.610. The molecule has 0 unspecified atom stereocenters. The molecule has 4 N–H and O–H groups in total. The maximum Gasteiger partial charge on any atom is 0.322 e. The largest absolute Gasteiger partial charge is 0.424 e. The van der Waals surface area contributed by atoms with Crippen molar-refractivity contribution in [3.8, 4) is 11.8 Å². The van der Waals surface area contributed by atoms with Gasteiger partial charge in [0.25, 0.3) is 5.91 Å². The number of hydrogen-bond acceptors (Lipinski definition) is 5. The zero-order valence-electron chi connectivity index (χ0n) is 11.5. The molecule has 0 radical (unpaired) electrons. The van der Waals surface area contributed by atoms with Crippen LogP contribution in [-0.4, -0.2) is 15.9 Å². The van der Waals surface area contributed by atoms with E-state index in [1.54, 1.807) is 0 Å². The Morgan fingerprint density at radius 3 is 2.67 bits per heavy atom. The van der Waals surface area contributed by atoms with Crippen LogP contribution in [0.5, 0.6) is 11.8 Å². The van der Waals surface area contributed by atoms with Crippen LogP contribution in [0.3, 0.4) is 0 Å². The SMILES string of the molecule is NC(=O)c1ccnc(Oc2ccc(N)c3c2CCCC3)n1. The maximum atomic E-state index is 11.1. The van der Waals surface area contributed by atoms with Crippen molar-refractivity contribution < 1.29 is 9.53 Å². The monoisotopic (exact) mass is 284 g/mol. The van der Waals surface area contributed by atoms with Crippen LogP contribution in [0.4, 0.5) is 5.69 Å². The molecule has 6 nitrogen and oxygen atoms in total. The number of ether oxygens (including phenoxy) is 1. The van der Waals surface area contributed by atoms with Crippen molar-refractivity contribution in [2.75, 3.05) is 5.73 Å². The molecule has 0 saturated heterocycles. The van der Waals surface area contributed by atoms with Gasteiger partial charge in [-0.25, -0.2) is 4.98 Å². The number of benzene rings is 1. The summed E-state index contributed by atoms with van der Waals surface area (Å²) in [6.07, 6.45) is 5.57. The summed E-state index contributed by atoms with van der Waals surface area (Å²) in [7, 11) is 0. The Balaban J connectivity index is 1.95. The Morgan fingerprint density at radius 2 is 1.90 bits per heavy atom. The van der Waals surface area contributed by atoms with E-state index in [9.17, 15) is 4.79 Å². The molecule has 0 saturated carbocycles. The second kappa shape index (κ2) is 5.40. The highest BCUT2D eigenvalue weighted by molar-refractivity contribution is 5.90. The number of rotatable bonds is 3. The van der Waals surface area contributed by atoms with Crippen LogP contribution >= 0.6 is 0 Å². The van der Waals surface area contributed by atoms with Crippen molar-refractivity contribution in [2.24, 2.45) is 5.73 Å². The molecule has 6 heteroatoms. The zero-order valence-corrected chi connectivity index (χ0v) is 11.5. The van der Waals surface area contributed by atoms with Crippen molar-refractivity contribution in [3.05, 3.63) is 41.2 Å². The van der Waals surface area contributed by atoms with Crippen LogP contribution < -0.4 is 16.2 Å². The Kier molecular flexibility index (Phi) is 3.43. The van der Waals surface area contributed by atoms with Gasteiger partial charge in [0.2, 0.25) is 0 Å². The molecule has 21 heavy (non-hydrogen) atoms. The molecule has 0 bridgehead atoms. The molecule has 3 rings (SSSR count). The van der Waals surface area contributed by atoms with Gasteiger partial charge in [-0.3, -0.25) is 4.79 Å². The van der Waals surface area contributed by atoms with Crippen LogP contribution in [0.15, 0.2) is 24.4 Å². The predicted molar refractivity (Wildman–Crippen MR) is 78.1 cm³/mol. The Morgan fingerprint density at radius 1 is 1.14 bits per heavy atom. The van der Waals surface area contributed by atoms with E-state index in [1.807, 2.05) is 12.1 Å². The van der Waals surface area contributed by atoms with Gasteiger partial charge in [0.1, 0.15) is 11.4 Å². The quantitative estimate of drug-likeness (QED) is 0.837. The minimum Gasteiger partial charge on any atom is -0.424 e. The van der Waals surface area contributed by atoms with E-state index in [0.29, 0.717) is 5.75 Å². The number of aromatic nitrogens is 2. The Hall–Kier alpha value is -2.63. The molecule has 1 heterocycles. The van der Waals surface area contributed by atoms with Crippen LogP contribution in [-0.2, 0) is 12.8 Å². The lowest BCUT2D eigenvalue weighted by Gasteiger charge is -2.20. The molecule has 0 aliphatic heterocycles. The van der Waals surface area contributed by atoms with Crippen LogP contribution in [0, 0.1) is 0 Å². The van der Waals surface area contributed by atoms with E-state index in [0.717, 1.165) is 42.5 Å². The molecule has 0 spiro atoms. The minimum absolute atomic E-state index is 0.115. The molecular weight excluding hydrogens is 268 g/mol. The lowest BCUT2D eigenvalue weighted by molar-refractivity contribution is 0.0994. The molecule has 2 aromatic rings. The fraction of sp³-hybridized carbons (Fsp3) is 0.267. The van der Waals surface area contributed by atoms with Gasteiger partial charge in [0.15, 0.2) is 0 Å². The standard InChI is InChI=1S/C15H16N4O2/c16-11-5-6-13(10-4-2-1-3-9(10)11)21-15-18-8-7-12(19-15)14(17)20/h5-8H,1-4,16H2,(H2,17,20). The fourth-order valence-corrected chi connectivity index (χ4v) is 2.58. The predicted octanol–water partition coefficient (Wildman–Crippen LogP) is 1.83. The summed E-state index contributed by atoms with van der Waals surface area (Å²) in [5.74, 6) is 0.0853.